The van der Waals surface area contributed by atoms with Gasteiger partial charge in [0.15, 0.2) is 0 Å². The van der Waals surface area contributed by atoms with Crippen LogP contribution in [0.3, 0.4) is 0 Å². The van der Waals surface area contributed by atoms with Gasteiger partial charge in [0.2, 0.25) is 0 Å². The number of hydrogen-bond acceptors (Lipinski definition) is 4. The average molecular weight is 86.1 g/mol. The van der Waals surface area contributed by atoms with Crippen LogP contribution in [-0.4, -0.2) is 12.2 Å². The van der Waals surface area contributed by atoms with E-state index in [1.54, 1.807) is 7.05 Å². The van der Waals surface area contributed by atoms with Gasteiger partial charge in [-0.25, -0.2) is 10.8 Å². The molecule has 0 spiro atoms. The Hall–Kier alpha value is -0.840. The molecule has 1 heterocycles. The van der Waals surface area contributed by atoms with E-state index >= 15 is 0 Å². The van der Waals surface area contributed by atoms with Gasteiger partial charge in [0.05, 0.1) is 0 Å². The number of hydrazine groups is 1. The third kappa shape index (κ3) is 0.389. The summed E-state index contributed by atoms with van der Waals surface area (Å²) in [4.78, 5) is 0. The molecular weight excluding hydrogens is 82.0 g/mol. The molecule has 1 N–H and O–H groups in total. The van der Waals surface area contributed by atoms with Gasteiger partial charge >= 0.3 is 0 Å². The molecule has 0 saturated heterocycles. The first-order valence-electron chi connectivity index (χ1n) is 1.49. The Morgan fingerprint density at radius 1 is 1.83 bits per heavy atom. The molecule has 34 valence electrons. The molecule has 0 bridgehead atoms. The third-order valence-electron chi connectivity index (χ3n) is 0.408. The van der Waals surface area contributed by atoms with Crippen molar-refractivity contribution in [3.8, 4) is 0 Å². The Bertz CT molecular complexity index is 66.3. The molecule has 0 amide bonds. The van der Waals surface area contributed by atoms with Crippen molar-refractivity contribution in [1.82, 2.24) is 10.7 Å². The molecular formula is CH4N5-. The normalized spacial score (nSPS) is 18.5. The molecule has 0 fully saturated rings. The first kappa shape index (κ1) is 3.35. The second kappa shape index (κ2) is 1.09. The standard InChI is InChI=1S/CH4N5/c1-6-4-2-3-5-6/h1H3,(H-,2,3,4,5)/q-1. The first-order chi connectivity index (χ1) is 2.89. The fourth-order valence-corrected chi connectivity index (χ4v) is 0.185. The summed E-state index contributed by atoms with van der Waals surface area (Å²) in [7, 11) is 1.71. The number of nitrogens with one attached hydrogen (secondary N) is 1. The highest BCUT2D eigenvalue weighted by molar-refractivity contribution is 4.58. The third-order valence-corrected chi connectivity index (χ3v) is 0.408. The molecule has 0 aromatic carbocycles. The van der Waals surface area contributed by atoms with Crippen molar-refractivity contribution >= 4 is 0 Å². The van der Waals surface area contributed by atoms with Crippen LogP contribution in [0.25, 0.3) is 5.53 Å². The maximum Gasteiger partial charge on any atom is 0.0231 e. The largest absolute Gasteiger partial charge is 0.305 e. The summed E-state index contributed by atoms with van der Waals surface area (Å²) in [6.07, 6.45) is 0. The molecule has 0 aromatic rings. The fraction of sp³-hybridized carbons (Fsp3) is 1.00. The number of hydrogen-bond donors (Lipinski definition) is 1. The lowest BCUT2D eigenvalue weighted by Gasteiger charge is -2.09. The Kier molecular flexibility index (Phi) is 0.612. The zero-order chi connectivity index (χ0) is 4.41. The van der Waals surface area contributed by atoms with Crippen LogP contribution in [0, 0.1) is 0 Å². The summed E-state index contributed by atoms with van der Waals surface area (Å²) in [6, 6.07) is 0. The van der Waals surface area contributed by atoms with Crippen molar-refractivity contribution in [2.75, 3.05) is 7.05 Å². The quantitative estimate of drug-likeness (QED) is 0.451. The Morgan fingerprint density at radius 2 is 2.67 bits per heavy atom. The van der Waals surface area contributed by atoms with Crippen molar-refractivity contribution in [3.63, 3.8) is 0 Å². The van der Waals surface area contributed by atoms with Gasteiger partial charge in [-0.05, 0) is 0 Å². The van der Waals surface area contributed by atoms with E-state index in [2.05, 4.69) is 21.5 Å². The molecule has 0 unspecified atom stereocenters. The fourth-order valence-electron chi connectivity index (χ4n) is 0.185. The first-order valence-corrected chi connectivity index (χ1v) is 1.49. The predicted octanol–water partition coefficient (Wildman–Crippen LogP) is 0.00730. The van der Waals surface area contributed by atoms with Crippen molar-refractivity contribution in [2.45, 2.75) is 0 Å². The summed E-state index contributed by atoms with van der Waals surface area (Å²) in [5.74, 6) is 0. The van der Waals surface area contributed by atoms with Crippen molar-refractivity contribution in [3.05, 3.63) is 5.53 Å². The van der Waals surface area contributed by atoms with Crippen LogP contribution < -0.4 is 5.53 Å². The van der Waals surface area contributed by atoms with Crippen molar-refractivity contribution < 1.29 is 0 Å². The van der Waals surface area contributed by atoms with E-state index in [1.807, 2.05) is 0 Å². The van der Waals surface area contributed by atoms with Gasteiger partial charge in [-0.1, -0.05) is 0 Å². The highest BCUT2D eigenvalue weighted by atomic mass is 16.0. The van der Waals surface area contributed by atoms with Gasteiger partial charge in [0, 0.05) is 7.05 Å². The van der Waals surface area contributed by atoms with E-state index in [1.165, 1.54) is 5.12 Å². The minimum atomic E-state index is 1.40. The molecule has 0 aliphatic carbocycles. The van der Waals surface area contributed by atoms with Crippen LogP contribution in [0.2, 0.25) is 0 Å². The maximum absolute atomic E-state index is 3.42. The summed E-state index contributed by atoms with van der Waals surface area (Å²) in [5, 5.41) is 8.05. The SMILES string of the molecule is CN1N=N[N-]N1. The number of nitrogens with zero attached hydrogens (tertiary/aromatic N) is 4. The smallest absolute Gasteiger partial charge is 0.0231 e. The lowest BCUT2D eigenvalue weighted by molar-refractivity contribution is 0.303. The highest BCUT2D eigenvalue weighted by Gasteiger charge is 1.79. The molecule has 5 heteroatoms. The van der Waals surface area contributed by atoms with Crippen LogP contribution in [0.5, 0.6) is 0 Å². The summed E-state index contributed by atoms with van der Waals surface area (Å²) in [6.45, 7) is 0. The van der Waals surface area contributed by atoms with Gasteiger partial charge in [0.1, 0.15) is 0 Å². The van der Waals surface area contributed by atoms with Crippen molar-refractivity contribution in [1.29, 1.82) is 0 Å². The Labute approximate surface area is 34.9 Å². The van der Waals surface area contributed by atoms with Gasteiger partial charge in [-0.2, -0.15) is 0 Å². The van der Waals surface area contributed by atoms with Crippen LogP contribution in [0.1, 0.15) is 0 Å². The van der Waals surface area contributed by atoms with E-state index < -0.39 is 0 Å². The molecule has 0 aromatic heterocycles. The summed E-state index contributed by atoms with van der Waals surface area (Å²) in [5.41, 5.74) is 5.74. The van der Waals surface area contributed by atoms with E-state index in [0.717, 1.165) is 0 Å². The van der Waals surface area contributed by atoms with E-state index in [0.29, 0.717) is 0 Å². The molecule has 1 aliphatic rings. The second-order valence-electron chi connectivity index (χ2n) is 0.902. The lowest BCUT2D eigenvalue weighted by atomic mass is 11.4. The van der Waals surface area contributed by atoms with Gasteiger partial charge in [-0.15, -0.1) is 0 Å². The molecule has 0 saturated carbocycles. The van der Waals surface area contributed by atoms with Crippen LogP contribution in [-0.2, 0) is 0 Å². The molecule has 1 rings (SSSR count). The van der Waals surface area contributed by atoms with E-state index in [-0.39, 0.29) is 0 Å². The molecule has 0 atom stereocenters. The second-order valence-corrected chi connectivity index (χ2v) is 0.902. The maximum atomic E-state index is 3.42. The molecule has 0 radical (unpaired) electrons. The zero-order valence-corrected chi connectivity index (χ0v) is 3.29. The minimum Gasteiger partial charge on any atom is -0.305 e. The lowest BCUT2D eigenvalue weighted by Crippen LogP contribution is -2.18. The highest BCUT2D eigenvalue weighted by Crippen LogP contribution is 1.94. The predicted molar refractivity (Wildman–Crippen MR) is 19.1 cm³/mol. The van der Waals surface area contributed by atoms with Gasteiger partial charge < -0.3 is 5.12 Å². The molecule has 6 heavy (non-hydrogen) atoms. The monoisotopic (exact) mass is 86.0 g/mol. The van der Waals surface area contributed by atoms with Crippen LogP contribution in [0.4, 0.5) is 0 Å². The topological polar surface area (TPSA) is 54.1 Å². The molecule has 1 aliphatic heterocycles. The van der Waals surface area contributed by atoms with E-state index in [9.17, 15) is 0 Å². The van der Waals surface area contributed by atoms with Crippen LogP contribution in [0.15, 0.2) is 10.4 Å². The minimum absolute atomic E-state index is 1.40. The Morgan fingerprint density at radius 3 is 2.83 bits per heavy atom. The van der Waals surface area contributed by atoms with Crippen LogP contribution >= 0.6 is 0 Å². The van der Waals surface area contributed by atoms with Gasteiger partial charge in [0.25, 0.3) is 0 Å². The Balaban J connectivity index is 2.38. The number of rotatable bonds is 0. The van der Waals surface area contributed by atoms with E-state index in [4.69, 9.17) is 0 Å². The zero-order valence-electron chi connectivity index (χ0n) is 3.29. The van der Waals surface area contributed by atoms with Crippen molar-refractivity contribution in [2.24, 2.45) is 10.4 Å². The average Bonchev–Trinajstić information content (AvgIpc) is 1.86. The summed E-state index contributed by atoms with van der Waals surface area (Å²) >= 11 is 0. The molecule has 5 nitrogen and oxygen atoms in total. The van der Waals surface area contributed by atoms with Gasteiger partial charge in [-0.3, -0.25) is 10.8 Å². The summed E-state index contributed by atoms with van der Waals surface area (Å²) < 4.78 is 0.